The number of carboxylic acid groups (broad SMARTS) is 1. The van der Waals surface area contributed by atoms with Crippen molar-refractivity contribution in [2.45, 2.75) is 31.5 Å². The summed E-state index contributed by atoms with van der Waals surface area (Å²) in [5.74, 6) is -1.56. The summed E-state index contributed by atoms with van der Waals surface area (Å²) in [5, 5.41) is 9.94. The lowest BCUT2D eigenvalue weighted by Crippen LogP contribution is -2.46. The first-order valence-electron chi connectivity index (χ1n) is 4.33. The van der Waals surface area contributed by atoms with Gasteiger partial charge in [-0.15, -0.1) is 12.3 Å². The third kappa shape index (κ3) is 5.24. The van der Waals surface area contributed by atoms with Crippen LogP contribution in [0.4, 0.5) is 13.2 Å². The van der Waals surface area contributed by atoms with Gasteiger partial charge in [-0.05, 0) is 12.8 Å². The Morgan fingerprint density at radius 2 is 2.00 bits per heavy atom. The van der Waals surface area contributed by atoms with E-state index in [1.54, 1.807) is 0 Å². The largest absolute Gasteiger partial charge is 0.480 e. The Kier molecular flexibility index (Phi) is 5.36. The molecule has 1 atom stereocenters. The average molecular weight is 237 g/mol. The van der Waals surface area contributed by atoms with Crippen molar-refractivity contribution >= 4 is 11.9 Å². The van der Waals surface area contributed by atoms with Crippen LogP contribution >= 0.6 is 0 Å². The summed E-state index contributed by atoms with van der Waals surface area (Å²) in [4.78, 5) is 21.0. The zero-order valence-corrected chi connectivity index (χ0v) is 8.17. The predicted molar refractivity (Wildman–Crippen MR) is 48.3 cm³/mol. The van der Waals surface area contributed by atoms with E-state index in [0.29, 0.717) is 0 Å². The number of aliphatic carboxylic acids is 1. The number of hydrogen-bond donors (Lipinski definition) is 2. The van der Waals surface area contributed by atoms with Gasteiger partial charge >= 0.3 is 18.1 Å². The molecule has 0 radical (unpaired) electrons. The van der Waals surface area contributed by atoms with Crippen LogP contribution in [0.5, 0.6) is 0 Å². The molecule has 0 aliphatic rings. The third-order valence-electron chi connectivity index (χ3n) is 1.67. The minimum atomic E-state index is -5.08. The van der Waals surface area contributed by atoms with Crippen molar-refractivity contribution in [2.75, 3.05) is 0 Å². The highest BCUT2D eigenvalue weighted by molar-refractivity contribution is 5.86. The van der Waals surface area contributed by atoms with Gasteiger partial charge in [0.25, 0.3) is 0 Å². The summed E-state index contributed by atoms with van der Waals surface area (Å²) in [7, 11) is 0. The van der Waals surface area contributed by atoms with E-state index in [-0.39, 0.29) is 19.3 Å². The minimum Gasteiger partial charge on any atom is -0.480 e. The van der Waals surface area contributed by atoms with Gasteiger partial charge in [0.2, 0.25) is 0 Å². The predicted octanol–water partition coefficient (Wildman–Crippen LogP) is 0.922. The summed E-state index contributed by atoms with van der Waals surface area (Å²) in [6, 6.07) is -1.57. The van der Waals surface area contributed by atoms with Crippen molar-refractivity contribution in [2.24, 2.45) is 0 Å². The SMILES string of the molecule is C#CCCCC(NC(=O)C(F)(F)F)C(=O)O. The molecule has 0 saturated heterocycles. The second kappa shape index (κ2) is 6.00. The molecule has 90 valence electrons. The van der Waals surface area contributed by atoms with E-state index in [1.165, 1.54) is 5.32 Å². The molecule has 16 heavy (non-hydrogen) atoms. The molecule has 0 fully saturated rings. The molecule has 0 spiro atoms. The van der Waals surface area contributed by atoms with Crippen LogP contribution in [-0.4, -0.2) is 29.2 Å². The van der Waals surface area contributed by atoms with E-state index in [1.807, 2.05) is 0 Å². The zero-order valence-electron chi connectivity index (χ0n) is 8.17. The van der Waals surface area contributed by atoms with Crippen molar-refractivity contribution in [3.63, 3.8) is 0 Å². The molecule has 4 nitrogen and oxygen atoms in total. The molecule has 0 aromatic rings. The van der Waals surface area contributed by atoms with Crippen molar-refractivity contribution < 1.29 is 27.9 Å². The van der Waals surface area contributed by atoms with Crippen LogP contribution in [0.2, 0.25) is 0 Å². The summed E-state index contributed by atoms with van der Waals surface area (Å²) in [6.07, 6.45) is 0.145. The van der Waals surface area contributed by atoms with Crippen LogP contribution in [0.15, 0.2) is 0 Å². The van der Waals surface area contributed by atoms with Crippen LogP contribution in [0.25, 0.3) is 0 Å². The fourth-order valence-electron chi connectivity index (χ4n) is 0.906. The molecule has 0 aromatic heterocycles. The van der Waals surface area contributed by atoms with Gasteiger partial charge in [-0.1, -0.05) is 0 Å². The number of halogens is 3. The fourth-order valence-corrected chi connectivity index (χ4v) is 0.906. The van der Waals surface area contributed by atoms with Crippen LogP contribution in [0.1, 0.15) is 19.3 Å². The lowest BCUT2D eigenvalue weighted by Gasteiger charge is -2.14. The quantitative estimate of drug-likeness (QED) is 0.552. The van der Waals surface area contributed by atoms with Gasteiger partial charge in [0.1, 0.15) is 6.04 Å². The molecule has 0 bridgehead atoms. The number of hydrogen-bond acceptors (Lipinski definition) is 2. The highest BCUT2D eigenvalue weighted by Gasteiger charge is 2.40. The second-order valence-electron chi connectivity index (χ2n) is 2.96. The maximum atomic E-state index is 11.8. The summed E-state index contributed by atoms with van der Waals surface area (Å²) >= 11 is 0. The molecular weight excluding hydrogens is 227 g/mol. The molecule has 0 aliphatic carbocycles. The van der Waals surface area contributed by atoms with Crippen LogP contribution in [-0.2, 0) is 9.59 Å². The Morgan fingerprint density at radius 3 is 2.38 bits per heavy atom. The molecule has 0 rings (SSSR count). The maximum absolute atomic E-state index is 11.8. The number of nitrogens with one attached hydrogen (secondary N) is 1. The minimum absolute atomic E-state index is 0.138. The Morgan fingerprint density at radius 1 is 1.44 bits per heavy atom. The maximum Gasteiger partial charge on any atom is 0.471 e. The standard InChI is InChI=1S/C9H10F3NO3/c1-2-3-4-5-6(7(14)15)13-8(16)9(10,11)12/h1,6H,3-5H2,(H,13,16)(H,14,15). The third-order valence-corrected chi connectivity index (χ3v) is 1.67. The number of terminal acetylenes is 1. The summed E-state index contributed by atoms with van der Waals surface area (Å²) in [5.41, 5.74) is 0. The number of alkyl halides is 3. The fraction of sp³-hybridized carbons (Fsp3) is 0.556. The molecule has 0 aromatic carbocycles. The number of carbonyl (C=O) groups excluding carboxylic acids is 1. The first-order chi connectivity index (χ1) is 7.29. The number of amides is 1. The van der Waals surface area contributed by atoms with E-state index < -0.39 is 24.1 Å². The monoisotopic (exact) mass is 237 g/mol. The van der Waals surface area contributed by atoms with Crippen LogP contribution in [0.3, 0.4) is 0 Å². The number of carboxylic acids is 1. The topological polar surface area (TPSA) is 66.4 Å². The van der Waals surface area contributed by atoms with E-state index in [0.717, 1.165) is 0 Å². The van der Waals surface area contributed by atoms with Gasteiger partial charge < -0.3 is 10.4 Å². The molecule has 0 heterocycles. The van der Waals surface area contributed by atoms with Crippen molar-refractivity contribution in [1.29, 1.82) is 0 Å². The van der Waals surface area contributed by atoms with Crippen molar-refractivity contribution in [1.82, 2.24) is 5.32 Å². The molecule has 7 heteroatoms. The lowest BCUT2D eigenvalue weighted by molar-refractivity contribution is -0.175. The Balaban J connectivity index is 4.30. The van der Waals surface area contributed by atoms with Gasteiger partial charge in [0.05, 0.1) is 0 Å². The van der Waals surface area contributed by atoms with Crippen LogP contribution < -0.4 is 5.32 Å². The zero-order chi connectivity index (χ0) is 12.8. The molecule has 1 unspecified atom stereocenters. The summed E-state index contributed by atoms with van der Waals surface area (Å²) in [6.45, 7) is 0. The van der Waals surface area contributed by atoms with E-state index in [4.69, 9.17) is 11.5 Å². The smallest absolute Gasteiger partial charge is 0.471 e. The summed E-state index contributed by atoms with van der Waals surface area (Å²) < 4.78 is 35.5. The van der Waals surface area contributed by atoms with E-state index in [2.05, 4.69) is 5.92 Å². The highest BCUT2D eigenvalue weighted by Crippen LogP contribution is 2.15. The van der Waals surface area contributed by atoms with Crippen molar-refractivity contribution in [3.8, 4) is 12.3 Å². The highest BCUT2D eigenvalue weighted by atomic mass is 19.4. The first kappa shape index (κ1) is 14.3. The van der Waals surface area contributed by atoms with E-state index in [9.17, 15) is 22.8 Å². The molecular formula is C9H10F3NO3. The van der Waals surface area contributed by atoms with Crippen LogP contribution in [0, 0.1) is 12.3 Å². The lowest BCUT2D eigenvalue weighted by atomic mass is 10.1. The number of unbranched alkanes of at least 4 members (excludes halogenated alkanes) is 1. The Hall–Kier alpha value is -1.71. The Labute approximate surface area is 89.8 Å². The van der Waals surface area contributed by atoms with Gasteiger partial charge in [-0.3, -0.25) is 4.79 Å². The van der Waals surface area contributed by atoms with Gasteiger partial charge in [0.15, 0.2) is 0 Å². The molecule has 1 amide bonds. The second-order valence-corrected chi connectivity index (χ2v) is 2.96. The normalized spacial score (nSPS) is 12.6. The van der Waals surface area contributed by atoms with Crippen molar-refractivity contribution in [3.05, 3.63) is 0 Å². The van der Waals surface area contributed by atoms with Gasteiger partial charge in [0, 0.05) is 6.42 Å². The molecule has 2 N–H and O–H groups in total. The molecule has 0 saturated carbocycles. The average Bonchev–Trinajstić information content (AvgIpc) is 2.14. The van der Waals surface area contributed by atoms with E-state index >= 15 is 0 Å². The Bertz CT molecular complexity index is 306. The van der Waals surface area contributed by atoms with Gasteiger partial charge in [-0.2, -0.15) is 13.2 Å². The van der Waals surface area contributed by atoms with Gasteiger partial charge in [-0.25, -0.2) is 4.79 Å². The number of rotatable bonds is 5. The molecule has 0 aliphatic heterocycles. The number of carbonyl (C=O) groups is 2. The first-order valence-corrected chi connectivity index (χ1v) is 4.33.